The van der Waals surface area contributed by atoms with E-state index in [0.29, 0.717) is 38.6 Å². The van der Waals surface area contributed by atoms with Crippen LogP contribution in [-0.4, -0.2) is 133 Å². The van der Waals surface area contributed by atoms with E-state index in [0.717, 1.165) is 34.9 Å². The first-order valence-electron chi connectivity index (χ1n) is 15.3. The van der Waals surface area contributed by atoms with Crippen LogP contribution in [0.2, 0.25) is 0 Å². The lowest BCUT2D eigenvalue weighted by atomic mass is 10.1. The van der Waals surface area contributed by atoms with Crippen molar-refractivity contribution in [1.82, 2.24) is 16.0 Å². The number of rotatable bonds is 22. The van der Waals surface area contributed by atoms with Crippen molar-refractivity contribution in [3.8, 4) is 0 Å². The molecule has 0 bridgehead atoms. The van der Waals surface area contributed by atoms with Crippen molar-refractivity contribution in [3.63, 3.8) is 0 Å². The lowest BCUT2D eigenvalue weighted by molar-refractivity contribution is -0.870. The first-order chi connectivity index (χ1) is 19.7. The molecule has 3 amide bonds. The minimum atomic E-state index is -1.99. The summed E-state index contributed by atoms with van der Waals surface area (Å²) in [7, 11) is 13.3. The highest BCUT2D eigenvalue weighted by atomic mass is 31.2. The van der Waals surface area contributed by atoms with E-state index in [-0.39, 0.29) is 30.9 Å². The Hall–Kier alpha value is -1.40. The molecule has 0 aromatic carbocycles. The Balaban J connectivity index is -0.00000363. The molecule has 252 valence electrons. The third-order valence-corrected chi connectivity index (χ3v) is 6.41. The maximum absolute atomic E-state index is 12.9. The van der Waals surface area contributed by atoms with E-state index >= 15 is 0 Å². The number of carbonyl (C=O) groups excluding carboxylic acids is 3. The van der Waals surface area contributed by atoms with Gasteiger partial charge in [-0.25, -0.2) is 0 Å². The van der Waals surface area contributed by atoms with Crippen molar-refractivity contribution in [3.05, 3.63) is 0 Å². The minimum absolute atomic E-state index is 0.0335. The van der Waals surface area contributed by atoms with Gasteiger partial charge in [0.2, 0.25) is 17.7 Å². The van der Waals surface area contributed by atoms with Gasteiger partial charge in [-0.05, 0) is 19.3 Å². The molecule has 0 radical (unpaired) electrons. The number of hydrogen-bond acceptors (Lipinski definition) is 7. The van der Waals surface area contributed by atoms with Crippen LogP contribution in [0.5, 0.6) is 0 Å². The van der Waals surface area contributed by atoms with Gasteiger partial charge in [0.05, 0.1) is 68.1 Å². The first-order valence-corrected chi connectivity index (χ1v) is 16.4. The van der Waals surface area contributed by atoms with Crippen LogP contribution in [0.4, 0.5) is 0 Å². The molecule has 0 spiro atoms. The van der Waals surface area contributed by atoms with Crippen molar-refractivity contribution < 1.29 is 42.0 Å². The molecule has 0 aromatic rings. The van der Waals surface area contributed by atoms with E-state index in [4.69, 9.17) is 13.8 Å². The van der Waals surface area contributed by atoms with Crippen molar-refractivity contribution in [1.29, 1.82) is 0 Å². The third-order valence-electron chi connectivity index (χ3n) is 5.72. The molecule has 0 aliphatic rings. The van der Waals surface area contributed by atoms with E-state index < -0.39 is 20.7 Å². The summed E-state index contributed by atoms with van der Waals surface area (Å²) < 4.78 is 16.7. The van der Waals surface area contributed by atoms with Crippen LogP contribution >= 0.6 is 8.60 Å². The van der Waals surface area contributed by atoms with Gasteiger partial charge < -0.3 is 43.6 Å². The molecule has 3 unspecified atom stereocenters. The number of methoxy groups -OCH3 is 1. The van der Waals surface area contributed by atoms with E-state index in [2.05, 4.69) is 58.2 Å². The number of amides is 3. The van der Waals surface area contributed by atoms with Gasteiger partial charge in [0.25, 0.3) is 0 Å². The molecule has 0 fully saturated rings. The number of unbranched alkanes of at least 4 members (excludes halogenated alkanes) is 1. The Labute approximate surface area is 258 Å². The largest absolute Gasteiger partial charge is 0.377 e. The predicted molar refractivity (Wildman–Crippen MR) is 172 cm³/mol. The summed E-state index contributed by atoms with van der Waals surface area (Å²) in [6.45, 7) is 10.5. The lowest BCUT2D eigenvalue weighted by Gasteiger charge is -2.24. The van der Waals surface area contributed by atoms with Gasteiger partial charge in [-0.1, -0.05) is 27.7 Å². The number of nitrogens with zero attached hydrogens (tertiary/aromatic N) is 2. The average Bonchev–Trinajstić information content (AvgIpc) is 2.92. The molecule has 0 saturated heterocycles. The Kier molecular flexibility index (Phi) is 29.1. The zero-order chi connectivity index (χ0) is 33.2. The standard InChI is InChI=1S/C25H52N5O7P.2C2H6/c1-29(2,3)17-11-14-23(31)26-16-10-9-13-22(28-24(32)15-12-18-30(4,5)6)25(33)27-19-21(35-7)20-37-38(34)36-8;2*1-2/h21-22,34H,9-20H2,1-8H3,(H-2,26,27,28,31,32,33);2*1-2H3/p+2. The fourth-order valence-electron chi connectivity index (χ4n) is 3.50. The Morgan fingerprint density at radius 3 is 1.79 bits per heavy atom. The Morgan fingerprint density at radius 1 is 0.786 bits per heavy atom. The van der Waals surface area contributed by atoms with Crippen molar-refractivity contribution in [2.45, 2.75) is 84.8 Å². The van der Waals surface area contributed by atoms with E-state index in [1.807, 2.05) is 27.7 Å². The lowest BCUT2D eigenvalue weighted by Crippen LogP contribution is -2.49. The van der Waals surface area contributed by atoms with E-state index in [9.17, 15) is 19.3 Å². The van der Waals surface area contributed by atoms with Crippen LogP contribution in [0.25, 0.3) is 0 Å². The van der Waals surface area contributed by atoms with Crippen LogP contribution < -0.4 is 16.0 Å². The summed E-state index contributed by atoms with van der Waals surface area (Å²) in [6.07, 6.45) is 3.71. The number of hydrogen-bond donors (Lipinski definition) is 4. The van der Waals surface area contributed by atoms with Crippen molar-refractivity contribution >= 4 is 26.3 Å². The molecule has 0 aromatic heterocycles. The van der Waals surface area contributed by atoms with Crippen LogP contribution in [0.1, 0.15) is 72.6 Å². The molecule has 13 heteroatoms. The SMILES string of the molecule is CC.CC.COC(CNC(=O)C(CCCCNC(=O)CCC[N+](C)(C)C)NC(=O)CCC[N+](C)(C)C)COP(O)OC. The number of quaternary nitrogens is 2. The molecule has 0 aliphatic heterocycles. The van der Waals surface area contributed by atoms with Gasteiger partial charge in [-0.15, -0.1) is 0 Å². The average molecular weight is 628 g/mol. The second-order valence-electron chi connectivity index (χ2n) is 11.5. The molecular formula is C29H66N5O7P+2. The van der Waals surface area contributed by atoms with Crippen LogP contribution in [-0.2, 0) is 28.2 Å². The maximum Gasteiger partial charge on any atom is 0.329 e. The Morgan fingerprint density at radius 2 is 1.31 bits per heavy atom. The highest BCUT2D eigenvalue weighted by molar-refractivity contribution is 7.40. The maximum atomic E-state index is 12.9. The molecule has 42 heavy (non-hydrogen) atoms. The van der Waals surface area contributed by atoms with Crippen LogP contribution in [0.15, 0.2) is 0 Å². The summed E-state index contributed by atoms with van der Waals surface area (Å²) in [5, 5.41) is 8.61. The molecule has 3 atom stereocenters. The highest BCUT2D eigenvalue weighted by Gasteiger charge is 2.22. The van der Waals surface area contributed by atoms with Gasteiger partial charge in [0.1, 0.15) is 6.04 Å². The van der Waals surface area contributed by atoms with E-state index in [1.54, 1.807) is 0 Å². The number of carbonyl (C=O) groups is 3. The van der Waals surface area contributed by atoms with Gasteiger partial charge >= 0.3 is 8.60 Å². The summed E-state index contributed by atoms with van der Waals surface area (Å²) >= 11 is 0. The molecule has 0 aliphatic carbocycles. The van der Waals surface area contributed by atoms with Gasteiger partial charge in [0.15, 0.2) is 0 Å². The quantitative estimate of drug-likeness (QED) is 0.0824. The normalized spacial score (nSPS) is 13.4. The summed E-state index contributed by atoms with van der Waals surface area (Å²) in [4.78, 5) is 47.0. The fourth-order valence-corrected chi connectivity index (χ4v) is 3.90. The summed E-state index contributed by atoms with van der Waals surface area (Å²) in [5.41, 5.74) is 0. The van der Waals surface area contributed by atoms with Gasteiger partial charge in [-0.2, -0.15) is 0 Å². The molecule has 12 nitrogen and oxygen atoms in total. The van der Waals surface area contributed by atoms with Crippen LogP contribution in [0.3, 0.4) is 0 Å². The molecule has 0 rings (SSSR count). The second-order valence-corrected chi connectivity index (χ2v) is 12.6. The first kappa shape index (κ1) is 45.0. The third kappa shape index (κ3) is 30.1. The minimum Gasteiger partial charge on any atom is -0.377 e. The Bertz CT molecular complexity index is 688. The predicted octanol–water partition coefficient (Wildman–Crippen LogP) is 2.80. The molecule has 0 saturated carbocycles. The smallest absolute Gasteiger partial charge is 0.329 e. The van der Waals surface area contributed by atoms with Gasteiger partial charge in [-0.3, -0.25) is 14.4 Å². The monoisotopic (exact) mass is 627 g/mol. The zero-order valence-electron chi connectivity index (χ0n) is 28.9. The molecule has 0 heterocycles. The number of ether oxygens (including phenoxy) is 1. The highest BCUT2D eigenvalue weighted by Crippen LogP contribution is 2.31. The molecular weight excluding hydrogens is 561 g/mol. The van der Waals surface area contributed by atoms with Gasteiger partial charge in [0, 0.05) is 53.0 Å². The second kappa shape index (κ2) is 27.2. The van der Waals surface area contributed by atoms with Crippen LogP contribution in [0, 0.1) is 0 Å². The zero-order valence-corrected chi connectivity index (χ0v) is 29.8. The molecule has 4 N–H and O–H groups in total. The number of nitrogens with one attached hydrogen (secondary N) is 3. The topological polar surface area (TPSA) is 135 Å². The van der Waals surface area contributed by atoms with E-state index in [1.165, 1.54) is 14.2 Å². The summed E-state index contributed by atoms with van der Waals surface area (Å²) in [5.74, 6) is -0.442. The van der Waals surface area contributed by atoms with Crippen molar-refractivity contribution in [2.75, 3.05) is 89.3 Å². The summed E-state index contributed by atoms with van der Waals surface area (Å²) in [6, 6.07) is -0.695. The van der Waals surface area contributed by atoms with Crippen molar-refractivity contribution in [2.24, 2.45) is 0 Å². The fraction of sp³-hybridized carbons (Fsp3) is 0.897.